The lowest BCUT2D eigenvalue weighted by Crippen LogP contribution is -2.35. The van der Waals surface area contributed by atoms with Crippen molar-refractivity contribution in [2.75, 3.05) is 26.5 Å². The molecule has 0 radical (unpaired) electrons. The molecule has 0 aromatic carbocycles. The van der Waals surface area contributed by atoms with Gasteiger partial charge >= 0.3 is 0 Å². The molecule has 230 valence electrons. The fourth-order valence-electron chi connectivity index (χ4n) is 5.09. The van der Waals surface area contributed by atoms with Crippen molar-refractivity contribution in [3.63, 3.8) is 0 Å². The van der Waals surface area contributed by atoms with Gasteiger partial charge < -0.3 is 47.0 Å². The molecule has 0 bridgehead atoms. The molecule has 40 heavy (non-hydrogen) atoms. The third-order valence-electron chi connectivity index (χ3n) is 7.22. The zero-order valence-electron chi connectivity index (χ0n) is 23.2. The van der Waals surface area contributed by atoms with Gasteiger partial charge in [0, 0.05) is 24.4 Å². The Labute approximate surface area is 236 Å². The number of hydrogen-bond acceptors (Lipinski definition) is 12. The van der Waals surface area contributed by atoms with E-state index in [0.29, 0.717) is 12.8 Å². The second kappa shape index (κ2) is 14.3. The van der Waals surface area contributed by atoms with Crippen LogP contribution in [0.3, 0.4) is 0 Å². The maximum Gasteiger partial charge on any atom is 0.268 e. The molecule has 3 aliphatic carbocycles. The molecule has 0 amide bonds. The van der Waals surface area contributed by atoms with Crippen molar-refractivity contribution in [2.45, 2.75) is 58.3 Å². The van der Waals surface area contributed by atoms with E-state index in [4.69, 9.17) is 22.6 Å². The zero-order valence-corrected chi connectivity index (χ0v) is 25.9. The number of hydrogen-bond donors (Lipinski definition) is 1. The second-order valence-electron chi connectivity index (χ2n) is 11.2. The van der Waals surface area contributed by atoms with Crippen LogP contribution in [0.5, 0.6) is 0 Å². The van der Waals surface area contributed by atoms with Gasteiger partial charge in [-0.3, -0.25) is 9.13 Å². The van der Waals surface area contributed by atoms with Crippen molar-refractivity contribution in [1.82, 2.24) is 0 Å². The third-order valence-corrected chi connectivity index (χ3v) is 9.86. The summed E-state index contributed by atoms with van der Waals surface area (Å²) < 4.78 is 63.1. The minimum atomic E-state index is -4.89. The standard InChI is InChI=1S/C25H43O12P3/c1-17-5-8-20(14-26)23(11-17)36-39(29,30)34-16-22-10-7-19(3)13-25(22)37-40(31,32)33-15-21-9-6-18(2)12-24(21)35-38(4,27)28/h5-10,17-26H,11-16H2,1-4H3,(H,27,28)(H,29,30)(H,31,32)/p-3. The minimum Gasteiger partial charge on any atom is -0.779 e. The van der Waals surface area contributed by atoms with Crippen LogP contribution < -0.4 is 14.7 Å². The van der Waals surface area contributed by atoms with E-state index in [1.54, 1.807) is 18.2 Å². The quantitative estimate of drug-likeness (QED) is 0.233. The lowest BCUT2D eigenvalue weighted by molar-refractivity contribution is -0.235. The first-order valence-electron chi connectivity index (χ1n) is 13.5. The Morgan fingerprint density at radius 2 is 1.00 bits per heavy atom. The maximum absolute atomic E-state index is 12.8. The van der Waals surface area contributed by atoms with Gasteiger partial charge in [-0.15, -0.1) is 0 Å². The molecule has 0 fully saturated rings. The summed E-state index contributed by atoms with van der Waals surface area (Å²) in [7, 11) is -13.7. The first kappa shape index (κ1) is 34.0. The predicted octanol–water partition coefficient (Wildman–Crippen LogP) is 2.92. The molecule has 12 unspecified atom stereocenters. The van der Waals surface area contributed by atoms with Crippen LogP contribution in [0.25, 0.3) is 0 Å². The normalized spacial score (nSPS) is 38.9. The highest BCUT2D eigenvalue weighted by Crippen LogP contribution is 2.48. The Morgan fingerprint density at radius 3 is 1.38 bits per heavy atom. The summed E-state index contributed by atoms with van der Waals surface area (Å²) in [5, 5.41) is 9.55. The largest absolute Gasteiger partial charge is 0.779 e. The Hall–Kier alpha value is -0.450. The molecule has 0 saturated heterocycles. The Kier molecular flexibility index (Phi) is 12.2. The Balaban J connectivity index is 1.59. The van der Waals surface area contributed by atoms with Gasteiger partial charge in [-0.25, -0.2) is 0 Å². The summed E-state index contributed by atoms with van der Waals surface area (Å²) in [5.74, 6) is -1.77. The summed E-state index contributed by atoms with van der Waals surface area (Å²) in [6.45, 7) is 5.54. The highest BCUT2D eigenvalue weighted by atomic mass is 31.2. The summed E-state index contributed by atoms with van der Waals surface area (Å²) >= 11 is 0. The van der Waals surface area contributed by atoms with Crippen molar-refractivity contribution in [1.29, 1.82) is 0 Å². The van der Waals surface area contributed by atoms with E-state index in [0.717, 1.165) is 6.66 Å². The highest BCUT2D eigenvalue weighted by Gasteiger charge is 2.34. The molecule has 0 saturated carbocycles. The van der Waals surface area contributed by atoms with Gasteiger partial charge in [-0.2, -0.15) is 0 Å². The second-order valence-corrected chi connectivity index (χ2v) is 15.6. The molecule has 12 atom stereocenters. The van der Waals surface area contributed by atoms with Crippen LogP contribution in [-0.4, -0.2) is 49.9 Å². The molecule has 1 N–H and O–H groups in total. The van der Waals surface area contributed by atoms with Gasteiger partial charge in [0.05, 0.1) is 38.1 Å². The first-order chi connectivity index (χ1) is 18.6. The van der Waals surface area contributed by atoms with Gasteiger partial charge in [0.25, 0.3) is 15.6 Å². The van der Waals surface area contributed by atoms with Crippen molar-refractivity contribution in [3.8, 4) is 0 Å². The summed E-state index contributed by atoms with van der Waals surface area (Å²) in [6.07, 6.45) is 9.12. The zero-order chi connectivity index (χ0) is 29.7. The molecular weight excluding hydrogens is 585 g/mol. The van der Waals surface area contributed by atoms with Crippen LogP contribution in [0.15, 0.2) is 36.5 Å². The van der Waals surface area contributed by atoms with E-state index in [1.165, 1.54) is 0 Å². The average Bonchev–Trinajstić information content (AvgIpc) is 2.82. The molecule has 12 nitrogen and oxygen atoms in total. The summed E-state index contributed by atoms with van der Waals surface area (Å²) in [6, 6.07) is 0. The van der Waals surface area contributed by atoms with Crippen molar-refractivity contribution < 1.29 is 56.1 Å². The van der Waals surface area contributed by atoms with Gasteiger partial charge in [-0.05, 0) is 37.0 Å². The van der Waals surface area contributed by atoms with E-state index >= 15 is 0 Å². The van der Waals surface area contributed by atoms with Gasteiger partial charge in [0.15, 0.2) is 0 Å². The number of aliphatic hydroxyl groups is 1. The smallest absolute Gasteiger partial charge is 0.268 e. The van der Waals surface area contributed by atoms with Crippen LogP contribution in [0.2, 0.25) is 0 Å². The number of phosphoric acid groups is 2. The molecule has 0 aromatic heterocycles. The fourth-order valence-corrected chi connectivity index (χ4v) is 7.80. The SMILES string of the molecule is CC1C=CC(COP(=O)([O-])OC2CC(C)C=CC2COP(=O)([O-])OC2CC(C)C=CC2CO)C(OP(C)(=O)[O-])C1. The summed E-state index contributed by atoms with van der Waals surface area (Å²) in [4.78, 5) is 37.1. The van der Waals surface area contributed by atoms with E-state index < -0.39 is 65.9 Å². The average molecular weight is 626 g/mol. The summed E-state index contributed by atoms with van der Waals surface area (Å²) in [5.41, 5.74) is 0. The number of rotatable bonds is 13. The third kappa shape index (κ3) is 11.0. The van der Waals surface area contributed by atoms with Crippen LogP contribution in [-0.2, 0) is 36.3 Å². The minimum absolute atomic E-state index is 0.0475. The monoisotopic (exact) mass is 625 g/mol. The van der Waals surface area contributed by atoms with Crippen molar-refractivity contribution >= 4 is 23.2 Å². The maximum atomic E-state index is 12.8. The fraction of sp³-hybridized carbons (Fsp3) is 0.760. The molecule has 0 spiro atoms. The van der Waals surface area contributed by atoms with Crippen LogP contribution in [0, 0.1) is 35.5 Å². The molecule has 0 heterocycles. The highest BCUT2D eigenvalue weighted by molar-refractivity contribution is 7.50. The van der Waals surface area contributed by atoms with Crippen molar-refractivity contribution in [3.05, 3.63) is 36.5 Å². The molecule has 0 aliphatic heterocycles. The van der Waals surface area contributed by atoms with E-state index in [-0.39, 0.29) is 37.4 Å². The van der Waals surface area contributed by atoms with Crippen LogP contribution in [0.1, 0.15) is 40.0 Å². The lowest BCUT2D eigenvalue weighted by atomic mass is 9.87. The number of allylic oxidation sites excluding steroid dienone is 3. The molecule has 3 rings (SSSR count). The lowest BCUT2D eigenvalue weighted by Gasteiger charge is -2.38. The van der Waals surface area contributed by atoms with Crippen molar-refractivity contribution in [2.24, 2.45) is 35.5 Å². The number of phosphoric ester groups is 2. The van der Waals surface area contributed by atoms with Crippen LogP contribution >= 0.6 is 23.2 Å². The van der Waals surface area contributed by atoms with E-state index in [2.05, 4.69) is 0 Å². The molecule has 0 aromatic rings. The van der Waals surface area contributed by atoms with Gasteiger partial charge in [0.2, 0.25) is 0 Å². The Morgan fingerprint density at radius 1 is 0.650 bits per heavy atom. The molecule has 15 heteroatoms. The van der Waals surface area contributed by atoms with E-state index in [1.807, 2.05) is 39.0 Å². The van der Waals surface area contributed by atoms with Gasteiger partial charge in [0.1, 0.15) is 7.60 Å². The van der Waals surface area contributed by atoms with Crippen LogP contribution in [0.4, 0.5) is 0 Å². The topological polar surface area (TPSA) is 187 Å². The predicted molar refractivity (Wildman–Crippen MR) is 142 cm³/mol. The molecule has 3 aliphatic rings. The Bertz CT molecular complexity index is 1070. The van der Waals surface area contributed by atoms with E-state index in [9.17, 15) is 33.5 Å². The number of aliphatic hydroxyl groups excluding tert-OH is 1. The molecular formula is C25H40O12P3-3. The van der Waals surface area contributed by atoms with Gasteiger partial charge in [-0.1, -0.05) is 57.2 Å². The first-order valence-corrected chi connectivity index (χ1v) is 18.4.